The maximum absolute atomic E-state index is 12.8. The van der Waals surface area contributed by atoms with Gasteiger partial charge in [0.15, 0.2) is 5.76 Å². The molecule has 4 rings (SSSR count). The minimum atomic E-state index is -0.0953. The zero-order valence-corrected chi connectivity index (χ0v) is 18.0. The second-order valence-electron chi connectivity index (χ2n) is 7.02. The van der Waals surface area contributed by atoms with Crippen LogP contribution in [0.5, 0.6) is 11.5 Å². The maximum atomic E-state index is 12.8. The van der Waals surface area contributed by atoms with Gasteiger partial charge in [0.1, 0.15) is 18.1 Å². The fraction of sp³-hybridized carbons (Fsp3) is 0.160. The molecule has 0 fully saturated rings. The molecule has 0 radical (unpaired) electrons. The molecule has 0 unspecified atom stereocenters. The van der Waals surface area contributed by atoms with Crippen molar-refractivity contribution in [3.8, 4) is 11.5 Å². The van der Waals surface area contributed by atoms with E-state index in [0.717, 1.165) is 27.6 Å². The molecule has 0 atom stereocenters. The van der Waals surface area contributed by atoms with Crippen LogP contribution in [0.25, 0.3) is 6.08 Å². The second kappa shape index (κ2) is 8.26. The monoisotopic (exact) mass is 448 g/mol. The summed E-state index contributed by atoms with van der Waals surface area (Å²) >= 11 is 3.43. The highest BCUT2D eigenvalue weighted by Crippen LogP contribution is 2.39. The summed E-state index contributed by atoms with van der Waals surface area (Å²) in [6.45, 7) is 4.49. The Hall–Kier alpha value is -2.85. The third-order valence-corrected chi connectivity index (χ3v) is 5.56. The molecule has 0 aromatic heterocycles. The van der Waals surface area contributed by atoms with Gasteiger partial charge in [-0.1, -0.05) is 59.3 Å². The van der Waals surface area contributed by atoms with Crippen LogP contribution in [-0.4, -0.2) is 5.78 Å². The Morgan fingerprint density at radius 3 is 2.34 bits per heavy atom. The summed E-state index contributed by atoms with van der Waals surface area (Å²) in [5.74, 6) is 1.55. The first-order chi connectivity index (χ1) is 14.0. The van der Waals surface area contributed by atoms with Crippen LogP contribution in [0.2, 0.25) is 0 Å². The zero-order valence-electron chi connectivity index (χ0n) is 16.4. The Kier molecular flexibility index (Phi) is 5.54. The van der Waals surface area contributed by atoms with Crippen LogP contribution < -0.4 is 9.47 Å². The van der Waals surface area contributed by atoms with Gasteiger partial charge in [0.25, 0.3) is 0 Å². The highest BCUT2D eigenvalue weighted by molar-refractivity contribution is 9.10. The van der Waals surface area contributed by atoms with Crippen LogP contribution in [0.4, 0.5) is 0 Å². The lowest BCUT2D eigenvalue weighted by atomic mass is 10.0. The predicted octanol–water partition coefficient (Wildman–Crippen LogP) is 6.52. The molecule has 1 heterocycles. The van der Waals surface area contributed by atoms with Crippen molar-refractivity contribution < 1.29 is 14.3 Å². The van der Waals surface area contributed by atoms with Crippen molar-refractivity contribution in [2.24, 2.45) is 0 Å². The number of allylic oxidation sites excluding steroid dienone is 1. The summed E-state index contributed by atoms with van der Waals surface area (Å²) in [5.41, 5.74) is 4.69. The van der Waals surface area contributed by atoms with Crippen molar-refractivity contribution in [3.63, 3.8) is 0 Å². The van der Waals surface area contributed by atoms with Crippen LogP contribution in [0.1, 0.15) is 39.5 Å². The normalized spacial score (nSPS) is 14.0. The number of ketones is 1. The summed E-state index contributed by atoms with van der Waals surface area (Å²) in [5, 5.41) is 0. The number of carbonyl (C=O) groups excluding carboxylic acids is 1. The molecular weight excluding hydrogens is 428 g/mol. The molecule has 4 heteroatoms. The van der Waals surface area contributed by atoms with Gasteiger partial charge in [-0.25, -0.2) is 0 Å². The molecule has 1 aliphatic heterocycles. The van der Waals surface area contributed by atoms with E-state index in [2.05, 4.69) is 35.0 Å². The van der Waals surface area contributed by atoms with Gasteiger partial charge in [-0.15, -0.1) is 0 Å². The smallest absolute Gasteiger partial charge is 0.231 e. The first kappa shape index (κ1) is 19.5. The fourth-order valence-electron chi connectivity index (χ4n) is 3.27. The van der Waals surface area contributed by atoms with Crippen molar-refractivity contribution >= 4 is 27.8 Å². The van der Waals surface area contributed by atoms with Crippen LogP contribution in [0.3, 0.4) is 0 Å². The minimum absolute atomic E-state index is 0.0953. The van der Waals surface area contributed by atoms with Gasteiger partial charge >= 0.3 is 0 Å². The molecule has 0 bridgehead atoms. The van der Waals surface area contributed by atoms with Gasteiger partial charge in [0.05, 0.1) is 5.56 Å². The van der Waals surface area contributed by atoms with Crippen molar-refractivity contribution in [1.29, 1.82) is 0 Å². The Balaban J connectivity index is 1.54. The summed E-state index contributed by atoms with van der Waals surface area (Å²) in [6, 6.07) is 19.8. The van der Waals surface area contributed by atoms with E-state index in [1.54, 1.807) is 12.1 Å². The molecule has 0 spiro atoms. The molecule has 3 aromatic carbocycles. The molecule has 0 amide bonds. The maximum Gasteiger partial charge on any atom is 0.231 e. The average Bonchev–Trinajstić information content (AvgIpc) is 3.06. The lowest BCUT2D eigenvalue weighted by molar-refractivity contribution is 0.101. The van der Waals surface area contributed by atoms with E-state index in [1.807, 2.05) is 49.4 Å². The number of carbonyl (C=O) groups is 1. The number of benzene rings is 3. The van der Waals surface area contributed by atoms with Crippen LogP contribution in [0, 0.1) is 6.92 Å². The Bertz CT molecular complexity index is 1080. The summed E-state index contributed by atoms with van der Waals surface area (Å²) < 4.78 is 13.0. The molecule has 1 aliphatic rings. The molecule has 29 heavy (non-hydrogen) atoms. The topological polar surface area (TPSA) is 35.5 Å². The van der Waals surface area contributed by atoms with Crippen molar-refractivity contribution in [3.05, 3.63) is 98.7 Å². The Labute approximate surface area is 179 Å². The lowest BCUT2D eigenvalue weighted by Gasteiger charge is -2.11. The summed E-state index contributed by atoms with van der Waals surface area (Å²) in [7, 11) is 0. The average molecular weight is 449 g/mol. The highest BCUT2D eigenvalue weighted by Gasteiger charge is 2.30. The van der Waals surface area contributed by atoms with Gasteiger partial charge in [-0.05, 0) is 60.4 Å². The standard InChI is InChI=1S/C25H21BrO3/c1-3-17-4-6-18(7-5-17)14-23-24(27)21-12-13-22(16(2)25(21)29-23)28-15-19-8-10-20(26)11-9-19/h4-14H,3,15H2,1-2H3/b23-14-. The van der Waals surface area contributed by atoms with Crippen molar-refractivity contribution in [2.45, 2.75) is 26.9 Å². The van der Waals surface area contributed by atoms with Gasteiger partial charge < -0.3 is 9.47 Å². The number of halogens is 1. The quantitative estimate of drug-likeness (QED) is 0.417. The van der Waals surface area contributed by atoms with E-state index >= 15 is 0 Å². The largest absolute Gasteiger partial charge is 0.488 e. The third kappa shape index (κ3) is 4.13. The van der Waals surface area contributed by atoms with E-state index < -0.39 is 0 Å². The number of hydrogen-bond acceptors (Lipinski definition) is 3. The Morgan fingerprint density at radius 2 is 1.66 bits per heavy atom. The minimum Gasteiger partial charge on any atom is -0.488 e. The van der Waals surface area contributed by atoms with E-state index in [-0.39, 0.29) is 5.78 Å². The third-order valence-electron chi connectivity index (χ3n) is 5.03. The van der Waals surface area contributed by atoms with E-state index in [1.165, 1.54) is 5.56 Å². The van der Waals surface area contributed by atoms with E-state index in [9.17, 15) is 4.79 Å². The first-order valence-electron chi connectivity index (χ1n) is 9.59. The lowest BCUT2D eigenvalue weighted by Crippen LogP contribution is -1.98. The summed E-state index contributed by atoms with van der Waals surface area (Å²) in [6.07, 6.45) is 2.78. The number of ether oxygens (including phenoxy) is 2. The number of fused-ring (bicyclic) bond motifs is 1. The first-order valence-corrected chi connectivity index (χ1v) is 10.4. The second-order valence-corrected chi connectivity index (χ2v) is 7.93. The number of Topliss-reactive ketones (excluding diaryl/α,β-unsaturated/α-hetero) is 1. The number of aryl methyl sites for hydroxylation is 1. The molecule has 0 saturated heterocycles. The van der Waals surface area contributed by atoms with Crippen LogP contribution >= 0.6 is 15.9 Å². The highest BCUT2D eigenvalue weighted by atomic mass is 79.9. The van der Waals surface area contributed by atoms with Crippen LogP contribution in [-0.2, 0) is 13.0 Å². The number of hydrogen-bond donors (Lipinski definition) is 0. The van der Waals surface area contributed by atoms with E-state index in [0.29, 0.717) is 29.4 Å². The van der Waals surface area contributed by atoms with Gasteiger partial charge in [-0.3, -0.25) is 4.79 Å². The fourth-order valence-corrected chi connectivity index (χ4v) is 3.53. The Morgan fingerprint density at radius 1 is 0.966 bits per heavy atom. The van der Waals surface area contributed by atoms with Gasteiger partial charge in [0, 0.05) is 10.0 Å². The van der Waals surface area contributed by atoms with Crippen LogP contribution in [0.15, 0.2) is 70.9 Å². The molecule has 0 aliphatic carbocycles. The molecule has 0 saturated carbocycles. The molecule has 3 aromatic rings. The molecule has 146 valence electrons. The SMILES string of the molecule is CCc1ccc(/C=C2\Oc3c(ccc(OCc4ccc(Br)cc4)c3C)C2=O)cc1. The zero-order chi connectivity index (χ0) is 20.4. The molecule has 0 N–H and O–H groups in total. The van der Waals surface area contributed by atoms with Gasteiger partial charge in [0.2, 0.25) is 5.78 Å². The van der Waals surface area contributed by atoms with Gasteiger partial charge in [-0.2, -0.15) is 0 Å². The molecule has 3 nitrogen and oxygen atoms in total. The number of rotatable bonds is 5. The van der Waals surface area contributed by atoms with E-state index in [4.69, 9.17) is 9.47 Å². The summed E-state index contributed by atoms with van der Waals surface area (Å²) in [4.78, 5) is 12.8. The predicted molar refractivity (Wildman–Crippen MR) is 118 cm³/mol. The molecular formula is C25H21BrO3. The van der Waals surface area contributed by atoms with Crippen molar-refractivity contribution in [1.82, 2.24) is 0 Å². The van der Waals surface area contributed by atoms with Crippen molar-refractivity contribution in [2.75, 3.05) is 0 Å².